The Labute approximate surface area is 194 Å². The number of benzene rings is 1. The van der Waals surface area contributed by atoms with Crippen LogP contribution in [0.2, 0.25) is 0 Å². The average molecular weight is 511 g/mol. The number of likely N-dealkylation sites (tertiary alicyclic amines) is 1. The maximum Gasteiger partial charge on any atom is 0.410 e. The van der Waals surface area contributed by atoms with E-state index in [1.54, 1.807) is 17.4 Å². The third-order valence-electron chi connectivity index (χ3n) is 4.55. The summed E-state index contributed by atoms with van der Waals surface area (Å²) >= 11 is 4.87. The summed E-state index contributed by atoms with van der Waals surface area (Å²) in [5, 5.41) is 8.27. The van der Waals surface area contributed by atoms with Gasteiger partial charge in [-0.3, -0.25) is 5.32 Å². The van der Waals surface area contributed by atoms with Crippen molar-refractivity contribution in [1.29, 1.82) is 0 Å². The van der Waals surface area contributed by atoms with E-state index in [0.29, 0.717) is 24.7 Å². The van der Waals surface area contributed by atoms with Crippen LogP contribution >= 0.6 is 27.3 Å². The molecule has 168 valence electrons. The third-order valence-corrected chi connectivity index (χ3v) is 6.10. The van der Waals surface area contributed by atoms with Crippen LogP contribution in [0.5, 0.6) is 5.75 Å². The fourth-order valence-corrected chi connectivity index (χ4v) is 4.34. The van der Waals surface area contributed by atoms with Crippen LogP contribution in [0.4, 0.5) is 15.4 Å². The van der Waals surface area contributed by atoms with E-state index in [0.717, 1.165) is 27.9 Å². The molecule has 1 aromatic carbocycles. The van der Waals surface area contributed by atoms with E-state index in [1.165, 1.54) is 11.3 Å². The largest absolute Gasteiger partial charge is 0.496 e. The van der Waals surface area contributed by atoms with Gasteiger partial charge in [-0.05, 0) is 61.7 Å². The molecule has 0 aliphatic carbocycles. The van der Waals surface area contributed by atoms with Crippen molar-refractivity contribution in [3.63, 3.8) is 0 Å². The summed E-state index contributed by atoms with van der Waals surface area (Å²) in [6, 6.07) is 5.23. The predicted octanol–water partition coefficient (Wildman–Crippen LogP) is 5.10. The molecule has 1 atom stereocenters. The molecular formula is C21H27BrN4O4S. The standard InChI is InChI=1S/C21H27BrN4O4S/c1-21(2,3)30-20(28)26-9-5-6-14(11-26)23-19(27)25-17-12-31-18(24-17)13-7-8-15(22)16(10-13)29-4/h7-8,10,12,14H,5-6,9,11H2,1-4H3,(H2,23,25,27)/t14-/m0/s1. The Kier molecular flexibility index (Phi) is 7.42. The molecule has 0 radical (unpaired) electrons. The molecule has 0 spiro atoms. The highest BCUT2D eigenvalue weighted by atomic mass is 79.9. The van der Waals surface area contributed by atoms with Crippen molar-refractivity contribution < 1.29 is 19.1 Å². The number of carbonyl (C=O) groups is 2. The molecule has 31 heavy (non-hydrogen) atoms. The van der Waals surface area contributed by atoms with Crippen LogP contribution in [-0.4, -0.2) is 53.9 Å². The topological polar surface area (TPSA) is 92.8 Å². The lowest BCUT2D eigenvalue weighted by Crippen LogP contribution is -2.51. The van der Waals surface area contributed by atoms with Gasteiger partial charge in [-0.15, -0.1) is 11.3 Å². The fraction of sp³-hybridized carbons (Fsp3) is 0.476. The van der Waals surface area contributed by atoms with Gasteiger partial charge in [0.15, 0.2) is 0 Å². The second-order valence-electron chi connectivity index (χ2n) is 8.25. The molecule has 2 aromatic rings. The highest BCUT2D eigenvalue weighted by Crippen LogP contribution is 2.33. The number of hydrogen-bond acceptors (Lipinski definition) is 6. The molecule has 1 aromatic heterocycles. The lowest BCUT2D eigenvalue weighted by molar-refractivity contribution is 0.0191. The van der Waals surface area contributed by atoms with Crippen molar-refractivity contribution in [1.82, 2.24) is 15.2 Å². The number of aromatic nitrogens is 1. The minimum absolute atomic E-state index is 0.143. The van der Waals surface area contributed by atoms with Crippen LogP contribution in [0.3, 0.4) is 0 Å². The number of ether oxygens (including phenoxy) is 2. The number of piperidine rings is 1. The van der Waals surface area contributed by atoms with Crippen molar-refractivity contribution in [3.05, 3.63) is 28.1 Å². The van der Waals surface area contributed by atoms with Gasteiger partial charge in [-0.2, -0.15) is 0 Å². The number of rotatable bonds is 4. The van der Waals surface area contributed by atoms with Gasteiger partial charge in [-0.1, -0.05) is 6.07 Å². The van der Waals surface area contributed by atoms with Gasteiger partial charge in [0.05, 0.1) is 11.6 Å². The molecule has 8 nitrogen and oxygen atoms in total. The number of thiazole rings is 1. The molecule has 2 heterocycles. The highest BCUT2D eigenvalue weighted by Gasteiger charge is 2.28. The molecule has 1 saturated heterocycles. The number of halogens is 1. The van der Waals surface area contributed by atoms with E-state index < -0.39 is 5.60 Å². The minimum Gasteiger partial charge on any atom is -0.496 e. The number of anilines is 1. The van der Waals surface area contributed by atoms with Crippen LogP contribution in [0, 0.1) is 0 Å². The number of hydrogen-bond donors (Lipinski definition) is 2. The highest BCUT2D eigenvalue weighted by molar-refractivity contribution is 9.10. The van der Waals surface area contributed by atoms with Gasteiger partial charge < -0.3 is 19.7 Å². The average Bonchev–Trinajstić information content (AvgIpc) is 3.15. The fourth-order valence-electron chi connectivity index (χ4n) is 3.18. The van der Waals surface area contributed by atoms with Gasteiger partial charge in [0.1, 0.15) is 22.2 Å². The van der Waals surface area contributed by atoms with Crippen LogP contribution < -0.4 is 15.4 Å². The lowest BCUT2D eigenvalue weighted by atomic mass is 10.1. The first-order valence-corrected chi connectivity index (χ1v) is 11.7. The summed E-state index contributed by atoms with van der Waals surface area (Å²) in [5.41, 5.74) is 0.356. The number of amides is 3. The van der Waals surface area contributed by atoms with Crippen molar-refractivity contribution in [2.45, 2.75) is 45.3 Å². The number of methoxy groups -OCH3 is 1. The summed E-state index contributed by atoms with van der Waals surface area (Å²) in [5.74, 6) is 1.19. The third kappa shape index (κ3) is 6.57. The second kappa shape index (κ2) is 9.86. The maximum atomic E-state index is 12.5. The van der Waals surface area contributed by atoms with Crippen molar-refractivity contribution >= 4 is 45.2 Å². The van der Waals surface area contributed by atoms with E-state index in [9.17, 15) is 9.59 Å². The molecule has 0 bridgehead atoms. The summed E-state index contributed by atoms with van der Waals surface area (Å²) in [7, 11) is 1.61. The summed E-state index contributed by atoms with van der Waals surface area (Å²) in [6.45, 7) is 6.56. The second-order valence-corrected chi connectivity index (χ2v) is 9.96. The number of urea groups is 1. The summed E-state index contributed by atoms with van der Waals surface area (Å²) in [6.07, 6.45) is 1.25. The van der Waals surface area contributed by atoms with Crippen LogP contribution in [0.1, 0.15) is 33.6 Å². The van der Waals surface area contributed by atoms with Gasteiger partial charge in [0.25, 0.3) is 0 Å². The summed E-state index contributed by atoms with van der Waals surface area (Å²) < 4.78 is 11.6. The smallest absolute Gasteiger partial charge is 0.410 e. The lowest BCUT2D eigenvalue weighted by Gasteiger charge is -2.34. The van der Waals surface area contributed by atoms with E-state index in [4.69, 9.17) is 9.47 Å². The Morgan fingerprint density at radius 3 is 2.81 bits per heavy atom. The SMILES string of the molecule is COc1cc(-c2nc(NC(=O)N[C@H]3CCCN(C(=O)OC(C)(C)C)C3)cs2)ccc1Br. The molecule has 0 saturated carbocycles. The first-order valence-electron chi connectivity index (χ1n) is 9.99. The van der Waals surface area contributed by atoms with E-state index in [2.05, 4.69) is 31.5 Å². The number of nitrogens with one attached hydrogen (secondary N) is 2. The Balaban J connectivity index is 1.56. The molecule has 1 aliphatic heterocycles. The molecule has 10 heteroatoms. The van der Waals surface area contributed by atoms with Crippen LogP contribution in [0.15, 0.2) is 28.1 Å². The molecule has 2 N–H and O–H groups in total. The molecule has 3 rings (SSSR count). The number of carbonyl (C=O) groups excluding carboxylic acids is 2. The monoisotopic (exact) mass is 510 g/mol. The van der Waals surface area contributed by atoms with Gasteiger partial charge >= 0.3 is 12.1 Å². The van der Waals surface area contributed by atoms with Crippen LogP contribution in [-0.2, 0) is 4.74 Å². The summed E-state index contributed by atoms with van der Waals surface area (Å²) in [4.78, 5) is 30.9. The number of nitrogens with zero attached hydrogens (tertiary/aromatic N) is 2. The zero-order valence-electron chi connectivity index (χ0n) is 18.0. The van der Waals surface area contributed by atoms with Crippen LogP contribution in [0.25, 0.3) is 10.6 Å². The van der Waals surface area contributed by atoms with E-state index >= 15 is 0 Å². The normalized spacial score (nSPS) is 16.5. The first kappa shape index (κ1) is 23.3. The quantitative estimate of drug-likeness (QED) is 0.596. The molecule has 1 fully saturated rings. The van der Waals surface area contributed by atoms with Gasteiger partial charge in [0.2, 0.25) is 0 Å². The molecule has 3 amide bonds. The van der Waals surface area contributed by atoms with E-state index in [1.807, 2.05) is 39.0 Å². The Hall–Kier alpha value is -2.33. The Bertz CT molecular complexity index is 944. The molecular weight excluding hydrogens is 484 g/mol. The van der Waals surface area contributed by atoms with E-state index in [-0.39, 0.29) is 18.2 Å². The van der Waals surface area contributed by atoms with Gasteiger partial charge in [0, 0.05) is 30.1 Å². The molecule has 1 aliphatic rings. The first-order chi connectivity index (χ1) is 14.6. The van der Waals surface area contributed by atoms with Crippen molar-refractivity contribution in [2.75, 3.05) is 25.5 Å². The van der Waals surface area contributed by atoms with Crippen molar-refractivity contribution in [2.24, 2.45) is 0 Å². The Morgan fingerprint density at radius 2 is 2.10 bits per heavy atom. The Morgan fingerprint density at radius 1 is 1.32 bits per heavy atom. The minimum atomic E-state index is -0.546. The zero-order chi connectivity index (χ0) is 22.6. The maximum absolute atomic E-state index is 12.5. The van der Waals surface area contributed by atoms with Crippen molar-refractivity contribution in [3.8, 4) is 16.3 Å². The zero-order valence-corrected chi connectivity index (χ0v) is 20.4. The van der Waals surface area contributed by atoms with Gasteiger partial charge in [-0.25, -0.2) is 14.6 Å². The molecule has 0 unspecified atom stereocenters. The predicted molar refractivity (Wildman–Crippen MR) is 125 cm³/mol.